The van der Waals surface area contributed by atoms with Gasteiger partial charge in [0.05, 0.1) is 36.6 Å². The van der Waals surface area contributed by atoms with Crippen LogP contribution in [0.1, 0.15) is 27.0 Å². The van der Waals surface area contributed by atoms with Crippen molar-refractivity contribution in [3.05, 3.63) is 57.6 Å². The Morgan fingerprint density at radius 3 is 2.57 bits per heavy atom. The normalized spacial score (nSPS) is 19.2. The quantitative estimate of drug-likeness (QED) is 0.686. The van der Waals surface area contributed by atoms with Crippen LogP contribution in [0, 0.1) is 5.92 Å². The lowest BCUT2D eigenvalue weighted by Crippen LogP contribution is -2.36. The van der Waals surface area contributed by atoms with Crippen LogP contribution in [0.2, 0.25) is 5.02 Å². The molecule has 1 atom stereocenters. The molecule has 8 heteroatoms. The highest BCUT2D eigenvalue weighted by Gasteiger charge is 2.35. The molecule has 1 heterocycles. The van der Waals surface area contributed by atoms with Crippen LogP contribution in [0.15, 0.2) is 30.3 Å². The second-order valence-corrected chi connectivity index (χ2v) is 7.97. The monoisotopic (exact) mass is 439 g/mol. The number of fused-ring (bicyclic) bond motifs is 1. The maximum absolute atomic E-state index is 13.0. The minimum atomic E-state index is -4.50. The van der Waals surface area contributed by atoms with Crippen molar-refractivity contribution in [3.8, 4) is 5.75 Å². The van der Waals surface area contributed by atoms with Gasteiger partial charge in [0.25, 0.3) is 0 Å². The van der Waals surface area contributed by atoms with Crippen LogP contribution in [0.5, 0.6) is 5.75 Å². The maximum Gasteiger partial charge on any atom is 0.417 e. The second kappa shape index (κ2) is 8.12. The van der Waals surface area contributed by atoms with E-state index in [1.807, 2.05) is 6.07 Å². The van der Waals surface area contributed by atoms with Crippen molar-refractivity contribution in [1.29, 1.82) is 0 Å². The molecule has 160 valence electrons. The van der Waals surface area contributed by atoms with Gasteiger partial charge in [-0.3, -0.25) is 4.79 Å². The van der Waals surface area contributed by atoms with Crippen molar-refractivity contribution < 1.29 is 27.4 Å². The Hall–Kier alpha value is -2.25. The molecule has 2 aromatic carbocycles. The number of alkyl halides is 3. The highest BCUT2D eigenvalue weighted by Crippen LogP contribution is 2.39. The average molecular weight is 440 g/mol. The van der Waals surface area contributed by atoms with Crippen LogP contribution in [0.25, 0.3) is 0 Å². The van der Waals surface area contributed by atoms with Gasteiger partial charge in [-0.05, 0) is 48.2 Å². The minimum Gasteiger partial charge on any atom is -0.495 e. The van der Waals surface area contributed by atoms with Crippen molar-refractivity contribution in [2.75, 3.05) is 38.3 Å². The van der Waals surface area contributed by atoms with Crippen molar-refractivity contribution in [2.45, 2.75) is 19.0 Å². The lowest BCUT2D eigenvalue weighted by molar-refractivity contribution is -0.137. The molecule has 4 rings (SSSR count). The Balaban J connectivity index is 1.57. The van der Waals surface area contributed by atoms with E-state index in [1.165, 1.54) is 12.1 Å². The largest absolute Gasteiger partial charge is 0.495 e. The second-order valence-electron chi connectivity index (χ2n) is 7.56. The topological polar surface area (TPSA) is 38.8 Å². The van der Waals surface area contributed by atoms with Crippen LogP contribution in [-0.4, -0.2) is 39.2 Å². The first-order valence-electron chi connectivity index (χ1n) is 9.71. The number of methoxy groups -OCH3 is 1. The van der Waals surface area contributed by atoms with Gasteiger partial charge in [-0.25, -0.2) is 0 Å². The number of carbonyl (C=O) groups excluding carboxylic acids is 1. The number of morpholine rings is 1. The van der Waals surface area contributed by atoms with Crippen LogP contribution in [0.3, 0.4) is 0 Å². The lowest BCUT2D eigenvalue weighted by atomic mass is 9.95. The summed E-state index contributed by atoms with van der Waals surface area (Å²) in [5.41, 5.74) is 2.23. The van der Waals surface area contributed by atoms with Gasteiger partial charge in [0.2, 0.25) is 0 Å². The van der Waals surface area contributed by atoms with Crippen molar-refractivity contribution >= 4 is 23.1 Å². The number of carbonyl (C=O) groups is 1. The first kappa shape index (κ1) is 21.0. The molecule has 0 radical (unpaired) electrons. The third kappa shape index (κ3) is 4.01. The number of ketones is 1. The molecular weight excluding hydrogens is 419 g/mol. The van der Waals surface area contributed by atoms with Gasteiger partial charge >= 0.3 is 6.18 Å². The number of halogens is 4. The Bertz CT molecular complexity index is 971. The fraction of sp³-hybridized carbons (Fsp3) is 0.409. The molecule has 1 saturated heterocycles. The van der Waals surface area contributed by atoms with Gasteiger partial charge in [0.1, 0.15) is 5.75 Å². The number of nitrogens with zero attached hydrogens (tertiary/aromatic N) is 1. The van der Waals surface area contributed by atoms with E-state index < -0.39 is 11.7 Å². The summed E-state index contributed by atoms with van der Waals surface area (Å²) in [5, 5.41) is -0.348. The third-order valence-corrected chi connectivity index (χ3v) is 5.99. The number of hydrogen-bond acceptors (Lipinski definition) is 4. The summed E-state index contributed by atoms with van der Waals surface area (Å²) in [7, 11) is 1.58. The summed E-state index contributed by atoms with van der Waals surface area (Å²) < 4.78 is 49.7. The van der Waals surface area contributed by atoms with E-state index >= 15 is 0 Å². The molecule has 0 amide bonds. The summed E-state index contributed by atoms with van der Waals surface area (Å²) in [4.78, 5) is 15.1. The van der Waals surface area contributed by atoms with E-state index in [0.717, 1.165) is 30.4 Å². The van der Waals surface area contributed by atoms with Crippen LogP contribution in [0.4, 0.5) is 18.9 Å². The molecular formula is C22H21ClF3NO3. The predicted octanol–water partition coefficient (Wildman–Crippen LogP) is 4.80. The van der Waals surface area contributed by atoms with E-state index in [4.69, 9.17) is 21.1 Å². The summed E-state index contributed by atoms with van der Waals surface area (Å²) in [6.45, 7) is 2.76. The van der Waals surface area contributed by atoms with Gasteiger partial charge in [-0.1, -0.05) is 17.7 Å². The molecule has 1 aliphatic carbocycles. The first-order chi connectivity index (χ1) is 14.3. The molecule has 30 heavy (non-hydrogen) atoms. The molecule has 0 spiro atoms. The smallest absolute Gasteiger partial charge is 0.417 e. The van der Waals surface area contributed by atoms with Gasteiger partial charge in [-0.2, -0.15) is 13.2 Å². The number of anilines is 1. The summed E-state index contributed by atoms with van der Waals surface area (Å²) in [5.74, 6) is 0.285. The Kier molecular flexibility index (Phi) is 5.68. The van der Waals surface area contributed by atoms with Gasteiger partial charge < -0.3 is 14.4 Å². The number of Topliss-reactive ketones (excluding diaryl/α,β-unsaturated/α-hetero) is 1. The van der Waals surface area contributed by atoms with Gasteiger partial charge in [0, 0.05) is 24.6 Å². The van der Waals surface area contributed by atoms with E-state index in [1.54, 1.807) is 13.2 Å². The highest BCUT2D eigenvalue weighted by molar-refractivity contribution is 6.31. The number of hydrogen-bond donors (Lipinski definition) is 0. The highest BCUT2D eigenvalue weighted by atomic mass is 35.5. The van der Waals surface area contributed by atoms with Crippen LogP contribution in [-0.2, 0) is 23.8 Å². The van der Waals surface area contributed by atoms with Crippen molar-refractivity contribution in [3.63, 3.8) is 0 Å². The van der Waals surface area contributed by atoms with Crippen LogP contribution < -0.4 is 9.64 Å². The Morgan fingerprint density at radius 1 is 1.20 bits per heavy atom. The van der Waals surface area contributed by atoms with E-state index in [2.05, 4.69) is 4.90 Å². The third-order valence-electron chi connectivity index (χ3n) is 5.68. The van der Waals surface area contributed by atoms with E-state index in [9.17, 15) is 18.0 Å². The van der Waals surface area contributed by atoms with Crippen molar-refractivity contribution in [2.24, 2.45) is 5.92 Å². The standard InChI is InChI=1S/C22H21ClF3NO3/c1-29-20-12-16-14(11-19(20)27-4-6-30-7-5-27)10-15(21(16)28)8-13-2-3-17(18(23)9-13)22(24,25)26/h2-3,9,11-12,15H,4-8,10H2,1H3. The van der Waals surface area contributed by atoms with E-state index in [0.29, 0.717) is 42.9 Å². The molecule has 2 aromatic rings. The fourth-order valence-corrected chi connectivity index (χ4v) is 4.48. The number of rotatable bonds is 4. The molecule has 0 aromatic heterocycles. The van der Waals surface area contributed by atoms with E-state index in [-0.39, 0.29) is 16.7 Å². The predicted molar refractivity (Wildman–Crippen MR) is 108 cm³/mol. The van der Waals surface area contributed by atoms with Gasteiger partial charge in [-0.15, -0.1) is 0 Å². The fourth-order valence-electron chi connectivity index (χ4n) is 4.17. The SMILES string of the molecule is COc1cc2c(cc1N1CCOCC1)CC(Cc1ccc(C(F)(F)F)c(Cl)c1)C2=O. The Morgan fingerprint density at radius 2 is 1.93 bits per heavy atom. The molecule has 2 aliphatic rings. The van der Waals surface area contributed by atoms with Gasteiger partial charge in [0.15, 0.2) is 5.78 Å². The minimum absolute atomic E-state index is 0.0205. The zero-order valence-corrected chi connectivity index (χ0v) is 17.1. The Labute approximate surface area is 177 Å². The molecule has 1 fully saturated rings. The first-order valence-corrected chi connectivity index (χ1v) is 10.1. The molecule has 0 saturated carbocycles. The lowest BCUT2D eigenvalue weighted by Gasteiger charge is -2.30. The average Bonchev–Trinajstić information content (AvgIpc) is 3.01. The molecule has 0 bridgehead atoms. The van der Waals surface area contributed by atoms with Crippen molar-refractivity contribution in [1.82, 2.24) is 0 Å². The zero-order chi connectivity index (χ0) is 21.5. The number of ether oxygens (including phenoxy) is 2. The molecule has 0 N–H and O–H groups in total. The summed E-state index contributed by atoms with van der Waals surface area (Å²) in [6.07, 6.45) is -3.63. The zero-order valence-electron chi connectivity index (χ0n) is 16.4. The van der Waals surface area contributed by atoms with Crippen LogP contribution >= 0.6 is 11.6 Å². The molecule has 4 nitrogen and oxygen atoms in total. The summed E-state index contributed by atoms with van der Waals surface area (Å²) >= 11 is 5.83. The molecule has 1 aliphatic heterocycles. The number of benzene rings is 2. The summed E-state index contributed by atoms with van der Waals surface area (Å²) in [6, 6.07) is 7.45. The molecule has 1 unspecified atom stereocenters. The maximum atomic E-state index is 13.0.